The van der Waals surface area contributed by atoms with Crippen molar-refractivity contribution in [3.8, 4) is 0 Å². The highest BCUT2D eigenvalue weighted by Crippen LogP contribution is 2.21. The van der Waals surface area contributed by atoms with E-state index in [2.05, 4.69) is 53.8 Å². The van der Waals surface area contributed by atoms with E-state index in [1.807, 2.05) is 29.8 Å². The van der Waals surface area contributed by atoms with Crippen molar-refractivity contribution in [3.63, 3.8) is 0 Å². The fourth-order valence-corrected chi connectivity index (χ4v) is 4.38. The molecule has 4 rings (SSSR count). The molecule has 0 aliphatic heterocycles. The number of benzene rings is 1. The van der Waals surface area contributed by atoms with Gasteiger partial charge < -0.3 is 15.2 Å². The lowest BCUT2D eigenvalue weighted by molar-refractivity contribution is 0.0953. The fourth-order valence-electron chi connectivity index (χ4n) is 4.38. The number of hydrogen-bond donors (Lipinski definition) is 2. The molecule has 1 fully saturated rings. The molecule has 34 heavy (non-hydrogen) atoms. The van der Waals surface area contributed by atoms with E-state index < -0.39 is 0 Å². The first-order chi connectivity index (χ1) is 16.6. The number of nitrogens with one attached hydrogen (secondary N) is 2. The minimum absolute atomic E-state index is 0.0403. The summed E-state index contributed by atoms with van der Waals surface area (Å²) in [4.78, 5) is 17.0. The number of imidazole rings is 1. The Hall–Kier alpha value is -2.82. The van der Waals surface area contributed by atoms with Crippen LogP contribution < -0.4 is 10.6 Å². The third-order valence-electron chi connectivity index (χ3n) is 6.48. The summed E-state index contributed by atoms with van der Waals surface area (Å²) in [5, 5.41) is 6.37. The topological polar surface area (TPSA) is 59.0 Å². The van der Waals surface area contributed by atoms with Crippen molar-refractivity contribution < 1.29 is 4.79 Å². The Kier molecular flexibility index (Phi) is 10.5. The normalized spacial score (nSPS) is 16.0. The van der Waals surface area contributed by atoms with E-state index in [4.69, 9.17) is 0 Å². The third-order valence-corrected chi connectivity index (χ3v) is 6.48. The van der Waals surface area contributed by atoms with Crippen LogP contribution in [0.25, 0.3) is 11.0 Å². The average Bonchev–Trinajstić information content (AvgIpc) is 3.09. The van der Waals surface area contributed by atoms with E-state index in [-0.39, 0.29) is 5.91 Å². The molecule has 2 aliphatic carbocycles. The Morgan fingerprint density at radius 1 is 1.09 bits per heavy atom. The van der Waals surface area contributed by atoms with Crippen molar-refractivity contribution in [3.05, 3.63) is 59.2 Å². The minimum atomic E-state index is -0.0403. The van der Waals surface area contributed by atoms with Gasteiger partial charge >= 0.3 is 0 Å². The van der Waals surface area contributed by atoms with Crippen molar-refractivity contribution in [2.45, 2.75) is 78.1 Å². The largest absolute Gasteiger partial charge is 0.352 e. The predicted octanol–water partition coefficient (Wildman–Crippen LogP) is 7.08. The quantitative estimate of drug-likeness (QED) is 0.341. The van der Waals surface area contributed by atoms with Gasteiger partial charge in [-0.25, -0.2) is 4.98 Å². The highest BCUT2D eigenvalue weighted by molar-refractivity contribution is 5.97. The summed E-state index contributed by atoms with van der Waals surface area (Å²) in [5.74, 6) is 0.759. The lowest BCUT2D eigenvalue weighted by atomic mass is 10.1. The number of anilines is 1. The van der Waals surface area contributed by atoms with Crippen molar-refractivity contribution in [2.75, 3.05) is 18.4 Å². The number of carbonyl (C=O) groups is 1. The summed E-state index contributed by atoms with van der Waals surface area (Å²) in [6, 6.07) is 5.68. The second kappa shape index (κ2) is 13.8. The number of amides is 1. The summed E-state index contributed by atoms with van der Waals surface area (Å²) in [7, 11) is 1.99. The number of unbranched alkanes of at least 4 members (excludes halogenated alkanes) is 1. The van der Waals surface area contributed by atoms with E-state index in [1.54, 1.807) is 0 Å². The number of rotatable bonds is 7. The first-order valence-corrected chi connectivity index (χ1v) is 13.1. The molecule has 1 saturated carbocycles. The van der Waals surface area contributed by atoms with Gasteiger partial charge in [-0.1, -0.05) is 88.2 Å². The van der Waals surface area contributed by atoms with Crippen LogP contribution in [0, 0.1) is 0 Å². The van der Waals surface area contributed by atoms with Gasteiger partial charge in [0.05, 0.1) is 11.0 Å². The van der Waals surface area contributed by atoms with Gasteiger partial charge in [0.15, 0.2) is 0 Å². The van der Waals surface area contributed by atoms with Gasteiger partial charge in [0, 0.05) is 25.7 Å². The number of aryl methyl sites for hydroxylation is 1. The van der Waals surface area contributed by atoms with E-state index in [1.165, 1.54) is 56.1 Å². The van der Waals surface area contributed by atoms with E-state index in [0.717, 1.165) is 36.2 Å². The highest BCUT2D eigenvalue weighted by Gasteiger charge is 2.12. The molecule has 1 aromatic heterocycles. The van der Waals surface area contributed by atoms with Gasteiger partial charge in [-0.05, 0) is 43.5 Å². The SMILES string of the molecule is C1CCCCCC1.CCCCNC(=O)c1ccc2c(c1)nc(NCC1=CC=CCC(C)=C1)n2C. The molecule has 0 unspecified atom stereocenters. The molecule has 2 aliphatic rings. The Morgan fingerprint density at radius 3 is 2.47 bits per heavy atom. The first-order valence-electron chi connectivity index (χ1n) is 13.1. The standard InChI is InChI=1S/C22H28N4O.C7H14/c1-4-5-12-23-21(27)18-10-11-20-19(14-18)25-22(26(20)3)24-15-17-9-7-6-8-16(2)13-17;1-2-4-6-7-5-3-1/h6-7,9-11,13-14H,4-5,8,12,15H2,1-3H3,(H,23,27)(H,24,25);1-7H2. The molecule has 5 heteroatoms. The molecule has 1 heterocycles. The van der Waals surface area contributed by atoms with Crippen molar-refractivity contribution in [2.24, 2.45) is 7.05 Å². The zero-order chi connectivity index (χ0) is 24.2. The summed E-state index contributed by atoms with van der Waals surface area (Å²) < 4.78 is 2.03. The maximum Gasteiger partial charge on any atom is 0.251 e. The Balaban J connectivity index is 0.000000396. The smallest absolute Gasteiger partial charge is 0.251 e. The summed E-state index contributed by atoms with van der Waals surface area (Å²) in [5.41, 5.74) is 5.05. The van der Waals surface area contributed by atoms with Crippen LogP contribution in [0.1, 0.15) is 88.4 Å². The van der Waals surface area contributed by atoms with Crippen LogP contribution in [0.15, 0.2) is 53.6 Å². The maximum atomic E-state index is 12.3. The van der Waals surface area contributed by atoms with Crippen molar-refractivity contribution in [1.29, 1.82) is 0 Å². The van der Waals surface area contributed by atoms with Crippen LogP contribution in [0.2, 0.25) is 0 Å². The lowest BCUT2D eigenvalue weighted by Gasteiger charge is -2.07. The Bertz CT molecular complexity index is 1010. The van der Waals surface area contributed by atoms with Crippen LogP contribution in [-0.4, -0.2) is 28.5 Å². The van der Waals surface area contributed by atoms with Gasteiger partial charge in [-0.2, -0.15) is 0 Å². The summed E-state index contributed by atoms with van der Waals surface area (Å²) in [6.45, 7) is 5.67. The molecule has 0 bridgehead atoms. The Labute approximate surface area is 205 Å². The molecular weight excluding hydrogens is 420 g/mol. The number of allylic oxidation sites excluding steroid dienone is 4. The van der Waals surface area contributed by atoms with Crippen molar-refractivity contribution in [1.82, 2.24) is 14.9 Å². The molecule has 5 nitrogen and oxygen atoms in total. The number of aromatic nitrogens is 2. The zero-order valence-electron chi connectivity index (χ0n) is 21.3. The lowest BCUT2D eigenvalue weighted by Crippen LogP contribution is -2.24. The van der Waals surface area contributed by atoms with E-state index in [0.29, 0.717) is 18.7 Å². The molecule has 0 atom stereocenters. The molecule has 0 radical (unpaired) electrons. The highest BCUT2D eigenvalue weighted by atomic mass is 16.1. The average molecular weight is 463 g/mol. The fraction of sp³-hybridized carbons (Fsp3) is 0.517. The van der Waals surface area contributed by atoms with E-state index in [9.17, 15) is 4.79 Å². The van der Waals surface area contributed by atoms with Crippen molar-refractivity contribution >= 4 is 22.9 Å². The van der Waals surface area contributed by atoms with Gasteiger partial charge in [0.2, 0.25) is 5.95 Å². The van der Waals surface area contributed by atoms with E-state index >= 15 is 0 Å². The van der Waals surface area contributed by atoms with Crippen LogP contribution in [0.3, 0.4) is 0 Å². The van der Waals surface area contributed by atoms with Crippen LogP contribution in [-0.2, 0) is 7.05 Å². The molecule has 2 N–H and O–H groups in total. The molecule has 2 aromatic rings. The first kappa shape index (κ1) is 25.8. The molecule has 0 saturated heterocycles. The molecule has 1 amide bonds. The van der Waals surface area contributed by atoms with Gasteiger partial charge in [0.1, 0.15) is 0 Å². The summed E-state index contributed by atoms with van der Waals surface area (Å²) in [6.07, 6.45) is 22.2. The molecule has 0 spiro atoms. The number of nitrogens with zero attached hydrogens (tertiary/aromatic N) is 2. The third kappa shape index (κ3) is 7.89. The zero-order valence-corrected chi connectivity index (χ0v) is 21.3. The second-order valence-corrected chi connectivity index (χ2v) is 9.50. The predicted molar refractivity (Wildman–Crippen MR) is 144 cm³/mol. The minimum Gasteiger partial charge on any atom is -0.352 e. The molecule has 1 aromatic carbocycles. The van der Waals surface area contributed by atoms with Crippen LogP contribution in [0.5, 0.6) is 0 Å². The Morgan fingerprint density at radius 2 is 1.79 bits per heavy atom. The molecule has 184 valence electrons. The van der Waals surface area contributed by atoms with Gasteiger partial charge in [-0.3, -0.25) is 4.79 Å². The number of hydrogen-bond acceptors (Lipinski definition) is 3. The summed E-state index contributed by atoms with van der Waals surface area (Å²) >= 11 is 0. The monoisotopic (exact) mass is 462 g/mol. The van der Waals surface area contributed by atoms with Gasteiger partial charge in [-0.15, -0.1) is 0 Å². The molecular formula is C29H42N4O. The second-order valence-electron chi connectivity index (χ2n) is 9.50. The van der Waals surface area contributed by atoms with Crippen LogP contribution >= 0.6 is 0 Å². The number of carbonyl (C=O) groups excluding carboxylic acids is 1. The van der Waals surface area contributed by atoms with Gasteiger partial charge in [0.25, 0.3) is 5.91 Å². The maximum absolute atomic E-state index is 12.3. The van der Waals surface area contributed by atoms with Crippen LogP contribution in [0.4, 0.5) is 5.95 Å². The number of fused-ring (bicyclic) bond motifs is 1.